The minimum atomic E-state index is -1.15. The highest BCUT2D eigenvalue weighted by atomic mass is 16.5. The van der Waals surface area contributed by atoms with Crippen LogP contribution in [0.25, 0.3) is 0 Å². The number of rotatable bonds is 5. The average molecular weight is 268 g/mol. The number of carbonyl (C=O) groups excluding carboxylic acids is 1. The summed E-state index contributed by atoms with van der Waals surface area (Å²) in [5, 5.41) is 17.3. The zero-order chi connectivity index (χ0) is 13.7. The maximum Gasteiger partial charge on any atom is 0.356 e. The van der Waals surface area contributed by atoms with Gasteiger partial charge in [-0.25, -0.2) is 4.79 Å². The molecule has 0 spiro atoms. The van der Waals surface area contributed by atoms with E-state index in [0.717, 1.165) is 13.1 Å². The lowest BCUT2D eigenvalue weighted by Gasteiger charge is -2.26. The van der Waals surface area contributed by atoms with Crippen LogP contribution in [0.3, 0.4) is 0 Å². The molecule has 1 aliphatic rings. The van der Waals surface area contributed by atoms with Gasteiger partial charge in [0.05, 0.1) is 25.1 Å². The second-order valence-corrected chi connectivity index (χ2v) is 4.22. The molecular formula is C11H16N4O4. The minimum absolute atomic E-state index is 0.111. The normalized spacial score (nSPS) is 16.2. The van der Waals surface area contributed by atoms with Crippen molar-refractivity contribution in [3.8, 4) is 0 Å². The predicted octanol–water partition coefficient (Wildman–Crippen LogP) is -0.231. The number of carboxylic acids is 1. The van der Waals surface area contributed by atoms with Gasteiger partial charge < -0.3 is 15.2 Å². The molecule has 1 fully saturated rings. The molecule has 1 aromatic heterocycles. The van der Waals surface area contributed by atoms with E-state index < -0.39 is 5.97 Å². The third kappa shape index (κ3) is 3.76. The van der Waals surface area contributed by atoms with E-state index in [0.29, 0.717) is 26.2 Å². The van der Waals surface area contributed by atoms with Gasteiger partial charge in [0.2, 0.25) is 5.91 Å². The number of aromatic nitrogens is 2. The number of carboxylic acid groups (broad SMARTS) is 1. The first-order valence-corrected chi connectivity index (χ1v) is 6.03. The number of amides is 1. The van der Waals surface area contributed by atoms with E-state index in [1.165, 1.54) is 6.20 Å². The summed E-state index contributed by atoms with van der Waals surface area (Å²) < 4.78 is 5.21. The Bertz CT molecular complexity index is 453. The first-order valence-electron chi connectivity index (χ1n) is 6.03. The zero-order valence-electron chi connectivity index (χ0n) is 10.4. The number of morpholine rings is 1. The van der Waals surface area contributed by atoms with Crippen LogP contribution in [-0.4, -0.2) is 64.9 Å². The summed E-state index contributed by atoms with van der Waals surface area (Å²) in [6.07, 6.45) is 1.60. The SMILES string of the molecule is O=C(CCN1CCOCC1)Nc1cn[nH]c1C(=O)O. The molecule has 0 saturated carbocycles. The fourth-order valence-corrected chi connectivity index (χ4v) is 1.84. The molecule has 1 amide bonds. The van der Waals surface area contributed by atoms with Gasteiger partial charge in [0.25, 0.3) is 0 Å². The van der Waals surface area contributed by atoms with Crippen molar-refractivity contribution in [1.29, 1.82) is 0 Å². The van der Waals surface area contributed by atoms with E-state index in [1.54, 1.807) is 0 Å². The summed E-state index contributed by atoms with van der Waals surface area (Å²) >= 11 is 0. The van der Waals surface area contributed by atoms with Crippen LogP contribution in [0.15, 0.2) is 6.20 Å². The zero-order valence-corrected chi connectivity index (χ0v) is 10.4. The molecule has 19 heavy (non-hydrogen) atoms. The van der Waals surface area contributed by atoms with E-state index in [-0.39, 0.29) is 17.3 Å². The molecule has 8 heteroatoms. The number of hydrogen-bond donors (Lipinski definition) is 3. The lowest BCUT2D eigenvalue weighted by atomic mass is 10.3. The van der Waals surface area contributed by atoms with Gasteiger partial charge in [-0.1, -0.05) is 0 Å². The molecule has 2 rings (SSSR count). The van der Waals surface area contributed by atoms with Gasteiger partial charge in [0.15, 0.2) is 5.69 Å². The second kappa shape index (κ2) is 6.30. The standard InChI is InChI=1S/C11H16N4O4/c16-9(1-2-15-3-5-19-6-4-15)13-8-7-12-14-10(8)11(17)18/h7H,1-6H2,(H,12,14)(H,13,16)(H,17,18). The second-order valence-electron chi connectivity index (χ2n) is 4.22. The van der Waals surface area contributed by atoms with Gasteiger partial charge in [-0.2, -0.15) is 5.10 Å². The first kappa shape index (κ1) is 13.5. The molecule has 1 aromatic rings. The monoisotopic (exact) mass is 268 g/mol. The lowest BCUT2D eigenvalue weighted by molar-refractivity contribution is -0.116. The quantitative estimate of drug-likeness (QED) is 0.680. The van der Waals surface area contributed by atoms with Crippen molar-refractivity contribution < 1.29 is 19.4 Å². The van der Waals surface area contributed by atoms with Crippen molar-refractivity contribution in [3.63, 3.8) is 0 Å². The number of carbonyl (C=O) groups is 2. The third-order valence-corrected chi connectivity index (χ3v) is 2.89. The highest BCUT2D eigenvalue weighted by Crippen LogP contribution is 2.11. The van der Waals surface area contributed by atoms with E-state index in [9.17, 15) is 9.59 Å². The van der Waals surface area contributed by atoms with Crippen LogP contribution < -0.4 is 5.32 Å². The predicted molar refractivity (Wildman–Crippen MR) is 66.1 cm³/mol. The molecule has 1 saturated heterocycles. The summed E-state index contributed by atoms with van der Waals surface area (Å²) in [6.45, 7) is 3.65. The Hall–Kier alpha value is -1.93. The molecule has 8 nitrogen and oxygen atoms in total. The molecule has 0 unspecified atom stereocenters. The van der Waals surface area contributed by atoms with Gasteiger partial charge in [-0.15, -0.1) is 0 Å². The number of ether oxygens (including phenoxy) is 1. The number of aromatic carboxylic acids is 1. The Morgan fingerprint density at radius 3 is 2.89 bits per heavy atom. The Morgan fingerprint density at radius 2 is 2.21 bits per heavy atom. The van der Waals surface area contributed by atoms with E-state index >= 15 is 0 Å². The summed E-state index contributed by atoms with van der Waals surface area (Å²) in [7, 11) is 0. The van der Waals surface area contributed by atoms with E-state index in [1.807, 2.05) is 0 Å². The van der Waals surface area contributed by atoms with Crippen LogP contribution in [0.5, 0.6) is 0 Å². The minimum Gasteiger partial charge on any atom is -0.476 e. The van der Waals surface area contributed by atoms with Crippen molar-refractivity contribution in [1.82, 2.24) is 15.1 Å². The van der Waals surface area contributed by atoms with Gasteiger partial charge in [-0.3, -0.25) is 14.8 Å². The molecular weight excluding hydrogens is 252 g/mol. The highest BCUT2D eigenvalue weighted by molar-refractivity contribution is 5.98. The number of hydrogen-bond acceptors (Lipinski definition) is 5. The topological polar surface area (TPSA) is 108 Å². The maximum atomic E-state index is 11.7. The summed E-state index contributed by atoms with van der Waals surface area (Å²) in [4.78, 5) is 24.7. The van der Waals surface area contributed by atoms with Crippen molar-refractivity contribution in [3.05, 3.63) is 11.9 Å². The Labute approximate surface area is 109 Å². The lowest BCUT2D eigenvalue weighted by Crippen LogP contribution is -2.38. The third-order valence-electron chi connectivity index (χ3n) is 2.89. The molecule has 0 radical (unpaired) electrons. The number of H-pyrrole nitrogens is 1. The van der Waals surface area contributed by atoms with Gasteiger partial charge in [0.1, 0.15) is 0 Å². The van der Waals surface area contributed by atoms with Gasteiger partial charge in [0, 0.05) is 26.1 Å². The smallest absolute Gasteiger partial charge is 0.356 e. The first-order chi connectivity index (χ1) is 9.16. The fraction of sp³-hybridized carbons (Fsp3) is 0.545. The van der Waals surface area contributed by atoms with Crippen LogP contribution in [0.1, 0.15) is 16.9 Å². The largest absolute Gasteiger partial charge is 0.476 e. The molecule has 0 aliphatic carbocycles. The van der Waals surface area contributed by atoms with Crippen molar-refractivity contribution in [2.75, 3.05) is 38.2 Å². The Morgan fingerprint density at radius 1 is 1.47 bits per heavy atom. The molecule has 3 N–H and O–H groups in total. The van der Waals surface area contributed by atoms with Crippen LogP contribution in [0, 0.1) is 0 Å². The molecule has 0 aromatic carbocycles. The van der Waals surface area contributed by atoms with Crippen molar-refractivity contribution in [2.45, 2.75) is 6.42 Å². The van der Waals surface area contributed by atoms with Crippen molar-refractivity contribution >= 4 is 17.6 Å². The highest BCUT2D eigenvalue weighted by Gasteiger charge is 2.16. The summed E-state index contributed by atoms with van der Waals surface area (Å²) in [5.41, 5.74) is 0.0826. The number of nitrogens with one attached hydrogen (secondary N) is 2. The maximum absolute atomic E-state index is 11.7. The number of nitrogens with zero attached hydrogens (tertiary/aromatic N) is 2. The Kier molecular flexibility index (Phi) is 4.48. The fourth-order valence-electron chi connectivity index (χ4n) is 1.84. The molecule has 0 atom stereocenters. The number of aromatic amines is 1. The van der Waals surface area contributed by atoms with Crippen LogP contribution in [0.2, 0.25) is 0 Å². The van der Waals surface area contributed by atoms with Crippen LogP contribution in [0.4, 0.5) is 5.69 Å². The van der Waals surface area contributed by atoms with Crippen molar-refractivity contribution in [2.24, 2.45) is 0 Å². The summed E-state index contributed by atoms with van der Waals surface area (Å²) in [6, 6.07) is 0. The van der Waals surface area contributed by atoms with E-state index in [4.69, 9.17) is 9.84 Å². The molecule has 1 aliphatic heterocycles. The van der Waals surface area contributed by atoms with Crippen LogP contribution >= 0.6 is 0 Å². The molecule has 104 valence electrons. The van der Waals surface area contributed by atoms with Gasteiger partial charge in [-0.05, 0) is 0 Å². The Balaban J connectivity index is 1.80. The molecule has 0 bridgehead atoms. The number of anilines is 1. The van der Waals surface area contributed by atoms with E-state index in [2.05, 4.69) is 20.4 Å². The average Bonchev–Trinajstić information content (AvgIpc) is 2.86. The van der Waals surface area contributed by atoms with Crippen LogP contribution in [-0.2, 0) is 9.53 Å². The summed E-state index contributed by atoms with van der Waals surface area (Å²) in [5.74, 6) is -1.38. The van der Waals surface area contributed by atoms with Gasteiger partial charge >= 0.3 is 5.97 Å². The molecule has 2 heterocycles.